The molecule has 0 atom stereocenters. The highest BCUT2D eigenvalue weighted by atomic mass is 16.2. The number of hydrogen-bond donors (Lipinski definition) is 1. The van der Waals surface area contributed by atoms with Crippen LogP contribution in [0.2, 0.25) is 0 Å². The van der Waals surface area contributed by atoms with Crippen LogP contribution in [0.4, 0.5) is 11.4 Å². The maximum atomic E-state index is 12.8. The lowest BCUT2D eigenvalue weighted by atomic mass is 10.1. The van der Waals surface area contributed by atoms with Gasteiger partial charge in [0, 0.05) is 49.0 Å². The van der Waals surface area contributed by atoms with E-state index >= 15 is 0 Å². The number of carbonyl (C=O) groups is 2. The summed E-state index contributed by atoms with van der Waals surface area (Å²) in [5, 5.41) is 2.91. The molecule has 0 unspecified atom stereocenters. The lowest BCUT2D eigenvalue weighted by Gasteiger charge is -2.37. The Morgan fingerprint density at radius 3 is 2.25 bits per heavy atom. The van der Waals surface area contributed by atoms with E-state index in [4.69, 9.17) is 0 Å². The Morgan fingerprint density at radius 2 is 1.61 bits per heavy atom. The molecule has 146 valence electrons. The van der Waals surface area contributed by atoms with Gasteiger partial charge in [0.25, 0.3) is 5.91 Å². The fourth-order valence-electron chi connectivity index (χ4n) is 3.70. The number of nitrogens with one attached hydrogen (secondary N) is 1. The molecular formula is C23H27N3O2. The zero-order valence-electron chi connectivity index (χ0n) is 16.6. The number of rotatable bonds is 4. The van der Waals surface area contributed by atoms with Crippen molar-refractivity contribution in [2.24, 2.45) is 5.92 Å². The normalized spacial score (nSPS) is 16.8. The van der Waals surface area contributed by atoms with Gasteiger partial charge in [-0.1, -0.05) is 12.1 Å². The van der Waals surface area contributed by atoms with Gasteiger partial charge in [-0.2, -0.15) is 0 Å². The van der Waals surface area contributed by atoms with E-state index in [2.05, 4.69) is 42.3 Å². The molecular weight excluding hydrogens is 350 g/mol. The first-order valence-electron chi connectivity index (χ1n) is 10.0. The predicted molar refractivity (Wildman–Crippen MR) is 112 cm³/mol. The van der Waals surface area contributed by atoms with Gasteiger partial charge in [-0.3, -0.25) is 9.59 Å². The van der Waals surface area contributed by atoms with Crippen LogP contribution in [0.5, 0.6) is 0 Å². The quantitative estimate of drug-likeness (QED) is 0.886. The summed E-state index contributed by atoms with van der Waals surface area (Å²) >= 11 is 0. The van der Waals surface area contributed by atoms with Crippen LogP contribution in [-0.2, 0) is 4.79 Å². The van der Waals surface area contributed by atoms with Crippen LogP contribution >= 0.6 is 0 Å². The van der Waals surface area contributed by atoms with E-state index in [0.717, 1.165) is 31.6 Å². The minimum absolute atomic E-state index is 0.0562. The van der Waals surface area contributed by atoms with Crippen molar-refractivity contribution in [3.05, 3.63) is 59.2 Å². The Hall–Kier alpha value is -2.82. The van der Waals surface area contributed by atoms with E-state index in [-0.39, 0.29) is 17.7 Å². The first-order valence-corrected chi connectivity index (χ1v) is 10.0. The van der Waals surface area contributed by atoms with Gasteiger partial charge in [0.2, 0.25) is 5.91 Å². The van der Waals surface area contributed by atoms with Crippen LogP contribution in [0.15, 0.2) is 42.5 Å². The molecule has 4 rings (SSSR count). The molecule has 0 radical (unpaired) electrons. The number of amides is 2. The highest BCUT2D eigenvalue weighted by molar-refractivity contribution is 5.97. The number of piperazine rings is 1. The third-order valence-corrected chi connectivity index (χ3v) is 5.83. The van der Waals surface area contributed by atoms with Gasteiger partial charge < -0.3 is 15.1 Å². The Labute approximate surface area is 166 Å². The number of carbonyl (C=O) groups excluding carboxylic acids is 2. The minimum Gasteiger partial charge on any atom is -0.368 e. The van der Waals surface area contributed by atoms with Crippen molar-refractivity contribution < 1.29 is 9.59 Å². The molecule has 0 bridgehead atoms. The maximum absolute atomic E-state index is 12.8. The largest absolute Gasteiger partial charge is 0.368 e. The van der Waals surface area contributed by atoms with Crippen LogP contribution in [0.3, 0.4) is 0 Å². The molecule has 0 spiro atoms. The summed E-state index contributed by atoms with van der Waals surface area (Å²) in [6.45, 7) is 7.40. The second kappa shape index (κ2) is 7.66. The third kappa shape index (κ3) is 3.88. The summed E-state index contributed by atoms with van der Waals surface area (Å²) in [6, 6.07) is 13.6. The van der Waals surface area contributed by atoms with Crippen molar-refractivity contribution in [3.63, 3.8) is 0 Å². The van der Waals surface area contributed by atoms with Crippen molar-refractivity contribution in [1.82, 2.24) is 4.90 Å². The first kappa shape index (κ1) is 18.5. The summed E-state index contributed by atoms with van der Waals surface area (Å²) in [5.74, 6) is 0.317. The molecule has 1 aliphatic carbocycles. The van der Waals surface area contributed by atoms with Crippen LogP contribution < -0.4 is 10.2 Å². The standard InChI is InChI=1S/C23H27N3O2/c1-16-4-3-5-21(17(16)2)25-12-14-26(15-13-25)23(28)19-8-10-20(11-9-19)24-22(27)18-6-7-18/h3-5,8-11,18H,6-7,12-15H2,1-2H3,(H,24,27). The molecule has 1 N–H and O–H groups in total. The highest BCUT2D eigenvalue weighted by Crippen LogP contribution is 2.30. The lowest BCUT2D eigenvalue weighted by molar-refractivity contribution is -0.117. The Morgan fingerprint density at radius 1 is 0.929 bits per heavy atom. The van der Waals surface area contributed by atoms with E-state index in [1.807, 2.05) is 29.2 Å². The average Bonchev–Trinajstić information content (AvgIpc) is 3.56. The fraction of sp³-hybridized carbons (Fsp3) is 0.391. The molecule has 2 aromatic rings. The number of aryl methyl sites for hydroxylation is 1. The summed E-state index contributed by atoms with van der Waals surface area (Å²) in [7, 11) is 0. The van der Waals surface area contributed by atoms with Crippen LogP contribution in [0, 0.1) is 19.8 Å². The second-order valence-electron chi connectivity index (χ2n) is 7.84. The van der Waals surface area contributed by atoms with E-state index in [9.17, 15) is 9.59 Å². The molecule has 2 aliphatic rings. The lowest BCUT2D eigenvalue weighted by Crippen LogP contribution is -2.49. The van der Waals surface area contributed by atoms with Crippen molar-refractivity contribution in [2.45, 2.75) is 26.7 Å². The number of hydrogen-bond acceptors (Lipinski definition) is 3. The topological polar surface area (TPSA) is 52.6 Å². The molecule has 1 saturated carbocycles. The van der Waals surface area contributed by atoms with E-state index in [0.29, 0.717) is 18.7 Å². The van der Waals surface area contributed by atoms with Crippen molar-refractivity contribution in [1.29, 1.82) is 0 Å². The third-order valence-electron chi connectivity index (χ3n) is 5.83. The molecule has 5 heteroatoms. The summed E-state index contributed by atoms with van der Waals surface area (Å²) in [6.07, 6.45) is 1.97. The Balaban J connectivity index is 1.35. The Kier molecular flexibility index (Phi) is 5.07. The van der Waals surface area contributed by atoms with Crippen molar-refractivity contribution in [2.75, 3.05) is 36.4 Å². The molecule has 28 heavy (non-hydrogen) atoms. The molecule has 1 saturated heterocycles. The molecule has 2 amide bonds. The van der Waals surface area contributed by atoms with E-state index in [1.165, 1.54) is 16.8 Å². The zero-order chi connectivity index (χ0) is 19.7. The SMILES string of the molecule is Cc1cccc(N2CCN(C(=O)c3ccc(NC(=O)C4CC4)cc3)CC2)c1C. The summed E-state index contributed by atoms with van der Waals surface area (Å²) < 4.78 is 0. The molecule has 1 heterocycles. The van der Waals surface area contributed by atoms with Gasteiger partial charge in [0.1, 0.15) is 0 Å². The van der Waals surface area contributed by atoms with Crippen molar-refractivity contribution >= 4 is 23.2 Å². The van der Waals surface area contributed by atoms with E-state index < -0.39 is 0 Å². The Bertz CT molecular complexity index is 879. The summed E-state index contributed by atoms with van der Waals surface area (Å²) in [4.78, 5) is 29.0. The van der Waals surface area contributed by atoms with Gasteiger partial charge in [0.05, 0.1) is 0 Å². The minimum atomic E-state index is 0.0562. The average molecular weight is 377 g/mol. The number of nitrogens with zero attached hydrogens (tertiary/aromatic N) is 2. The van der Waals surface area contributed by atoms with Gasteiger partial charge in [-0.15, -0.1) is 0 Å². The van der Waals surface area contributed by atoms with Gasteiger partial charge in [-0.05, 0) is 68.1 Å². The van der Waals surface area contributed by atoms with Crippen LogP contribution in [0.1, 0.15) is 34.3 Å². The second-order valence-corrected chi connectivity index (χ2v) is 7.84. The van der Waals surface area contributed by atoms with Crippen molar-refractivity contribution in [3.8, 4) is 0 Å². The number of benzene rings is 2. The van der Waals surface area contributed by atoms with Gasteiger partial charge in [0.15, 0.2) is 0 Å². The van der Waals surface area contributed by atoms with Gasteiger partial charge >= 0.3 is 0 Å². The molecule has 5 nitrogen and oxygen atoms in total. The van der Waals surface area contributed by atoms with E-state index in [1.54, 1.807) is 0 Å². The van der Waals surface area contributed by atoms with Crippen LogP contribution in [-0.4, -0.2) is 42.9 Å². The molecule has 2 aromatic carbocycles. The monoisotopic (exact) mass is 377 g/mol. The highest BCUT2D eigenvalue weighted by Gasteiger charge is 2.29. The maximum Gasteiger partial charge on any atom is 0.253 e. The van der Waals surface area contributed by atoms with Gasteiger partial charge in [-0.25, -0.2) is 0 Å². The first-order chi connectivity index (χ1) is 13.5. The zero-order valence-corrected chi connectivity index (χ0v) is 16.6. The summed E-state index contributed by atoms with van der Waals surface area (Å²) in [5.41, 5.74) is 5.30. The molecule has 2 fully saturated rings. The molecule has 1 aliphatic heterocycles. The molecule has 0 aromatic heterocycles. The van der Waals surface area contributed by atoms with Crippen LogP contribution in [0.25, 0.3) is 0 Å². The predicted octanol–water partition coefficient (Wildman–Crippen LogP) is 3.61. The number of anilines is 2. The fourth-order valence-corrected chi connectivity index (χ4v) is 3.70. The smallest absolute Gasteiger partial charge is 0.253 e.